The van der Waals surface area contributed by atoms with Crippen LogP contribution in [0.2, 0.25) is 0 Å². The summed E-state index contributed by atoms with van der Waals surface area (Å²) < 4.78 is 2.28. The van der Waals surface area contributed by atoms with Gasteiger partial charge in [-0.05, 0) is 89.3 Å². The first-order valence-corrected chi connectivity index (χ1v) is 16.1. The Labute approximate surface area is 271 Å². The normalized spacial score (nSPS) is 11.8. The highest BCUT2D eigenvalue weighted by Gasteiger charge is 2.17. The molecule has 0 bridgehead atoms. The smallest absolute Gasteiger partial charge is 0.145 e. The number of nitrogens with zero attached hydrogens (tertiary/aromatic N) is 2. The Morgan fingerprint density at radius 3 is 1.66 bits per heavy atom. The number of hydrogen-bond acceptors (Lipinski definition) is 1. The standard InChI is InChI=1S/C45H28N2/c1-2-11-32(12-3-1)45-46-40-21-6-7-22-41(40)47(45)33-27-25-29(26-28-33)34-17-10-20-39-38-19-9-14-31-24-23-30-13-8-18-36(42(30)43(31)38)35-15-4-5-16-37(35)44(34)39/h1-28H. The summed E-state index contributed by atoms with van der Waals surface area (Å²) in [5.74, 6) is 0.944. The summed E-state index contributed by atoms with van der Waals surface area (Å²) in [7, 11) is 0. The predicted molar refractivity (Wildman–Crippen MR) is 199 cm³/mol. The molecule has 1 heterocycles. The van der Waals surface area contributed by atoms with E-state index in [1.54, 1.807) is 0 Å². The van der Waals surface area contributed by atoms with Crippen molar-refractivity contribution in [1.82, 2.24) is 9.55 Å². The van der Waals surface area contributed by atoms with Crippen LogP contribution in [0, 0.1) is 0 Å². The number of benzene rings is 8. The topological polar surface area (TPSA) is 17.8 Å². The summed E-state index contributed by atoms with van der Waals surface area (Å²) in [5.41, 5.74) is 6.68. The zero-order valence-electron chi connectivity index (χ0n) is 25.6. The molecule has 0 fully saturated rings. The lowest BCUT2D eigenvalue weighted by Crippen LogP contribution is -1.97. The molecule has 1 aromatic heterocycles. The molecule has 10 rings (SSSR count). The molecule has 0 atom stereocenters. The quantitative estimate of drug-likeness (QED) is 0.186. The van der Waals surface area contributed by atoms with E-state index in [9.17, 15) is 0 Å². The van der Waals surface area contributed by atoms with Crippen molar-refractivity contribution in [3.8, 4) is 28.2 Å². The Balaban J connectivity index is 1.27. The zero-order chi connectivity index (χ0) is 30.9. The van der Waals surface area contributed by atoms with Crippen molar-refractivity contribution in [1.29, 1.82) is 0 Å². The first-order valence-electron chi connectivity index (χ1n) is 16.1. The minimum atomic E-state index is 0.944. The van der Waals surface area contributed by atoms with Gasteiger partial charge in [0.25, 0.3) is 0 Å². The highest BCUT2D eigenvalue weighted by molar-refractivity contribution is 6.34. The maximum Gasteiger partial charge on any atom is 0.145 e. The van der Waals surface area contributed by atoms with E-state index in [2.05, 4.69) is 168 Å². The second-order valence-corrected chi connectivity index (χ2v) is 12.3. The van der Waals surface area contributed by atoms with Crippen molar-refractivity contribution in [2.45, 2.75) is 0 Å². The molecule has 0 aliphatic rings. The molecule has 0 N–H and O–H groups in total. The number of hydrogen-bond donors (Lipinski definition) is 0. The molecule has 2 heteroatoms. The van der Waals surface area contributed by atoms with Crippen molar-refractivity contribution in [2.75, 3.05) is 0 Å². The van der Waals surface area contributed by atoms with Crippen molar-refractivity contribution < 1.29 is 0 Å². The monoisotopic (exact) mass is 596 g/mol. The van der Waals surface area contributed by atoms with E-state index in [0.717, 1.165) is 28.1 Å². The van der Waals surface area contributed by atoms with Gasteiger partial charge in [0.05, 0.1) is 11.0 Å². The Bertz CT molecular complexity index is 2830. The van der Waals surface area contributed by atoms with Gasteiger partial charge < -0.3 is 0 Å². The van der Waals surface area contributed by atoms with Crippen molar-refractivity contribution in [2.24, 2.45) is 0 Å². The molecule has 0 saturated carbocycles. The first-order chi connectivity index (χ1) is 23.3. The number of fused-ring (bicyclic) bond motifs is 6. The highest BCUT2D eigenvalue weighted by Crippen LogP contribution is 2.43. The second-order valence-electron chi connectivity index (χ2n) is 12.3. The van der Waals surface area contributed by atoms with Crippen molar-refractivity contribution in [3.63, 3.8) is 0 Å². The lowest BCUT2D eigenvalue weighted by molar-refractivity contribution is 1.10. The van der Waals surface area contributed by atoms with E-state index < -0.39 is 0 Å². The SMILES string of the molecule is c1ccc(-c2nc3ccccc3n2-c2ccc(-c3cccc4c5cccc6ccc7cccc(c8ccccc8c34)c7c65)cc2)cc1. The van der Waals surface area contributed by atoms with Gasteiger partial charge >= 0.3 is 0 Å². The molecule has 9 aromatic carbocycles. The van der Waals surface area contributed by atoms with Gasteiger partial charge in [0.2, 0.25) is 0 Å². The maximum atomic E-state index is 5.06. The Morgan fingerprint density at radius 2 is 0.915 bits per heavy atom. The number of imidazole rings is 1. The summed E-state index contributed by atoms with van der Waals surface area (Å²) in [6, 6.07) is 61.6. The van der Waals surface area contributed by atoms with Gasteiger partial charge in [-0.15, -0.1) is 0 Å². The van der Waals surface area contributed by atoms with Crippen LogP contribution in [0.3, 0.4) is 0 Å². The molecular formula is C45H28N2. The second kappa shape index (κ2) is 10.1. The molecule has 0 amide bonds. The van der Waals surface area contributed by atoms with Gasteiger partial charge in [0.15, 0.2) is 0 Å². The van der Waals surface area contributed by atoms with E-state index in [1.165, 1.54) is 65.0 Å². The van der Waals surface area contributed by atoms with E-state index in [-0.39, 0.29) is 0 Å². The van der Waals surface area contributed by atoms with Crippen LogP contribution in [0.15, 0.2) is 170 Å². The summed E-state index contributed by atoms with van der Waals surface area (Å²) in [4.78, 5) is 5.06. The van der Waals surface area contributed by atoms with E-state index in [0.29, 0.717) is 0 Å². The fourth-order valence-corrected chi connectivity index (χ4v) is 7.71. The highest BCUT2D eigenvalue weighted by atomic mass is 15.1. The number of para-hydroxylation sites is 2. The van der Waals surface area contributed by atoms with Gasteiger partial charge in [0.1, 0.15) is 5.82 Å². The molecule has 0 aliphatic heterocycles. The summed E-state index contributed by atoms with van der Waals surface area (Å²) in [6.07, 6.45) is 0. The molecule has 0 aliphatic carbocycles. The molecule has 218 valence electrons. The molecule has 47 heavy (non-hydrogen) atoms. The minimum Gasteiger partial charge on any atom is -0.292 e. The van der Waals surface area contributed by atoms with Crippen LogP contribution < -0.4 is 0 Å². The Kier molecular flexibility index (Phi) is 5.61. The Morgan fingerprint density at radius 1 is 0.362 bits per heavy atom. The summed E-state index contributed by atoms with van der Waals surface area (Å²) in [6.45, 7) is 0. The maximum absolute atomic E-state index is 5.06. The minimum absolute atomic E-state index is 0.944. The van der Waals surface area contributed by atoms with Crippen LogP contribution in [0.25, 0.3) is 93.1 Å². The van der Waals surface area contributed by atoms with Gasteiger partial charge in [-0.1, -0.05) is 146 Å². The number of rotatable bonds is 3. The lowest BCUT2D eigenvalue weighted by Gasteiger charge is -2.16. The fourth-order valence-electron chi connectivity index (χ4n) is 7.71. The van der Waals surface area contributed by atoms with Crippen LogP contribution in [0.1, 0.15) is 0 Å². The van der Waals surface area contributed by atoms with Crippen molar-refractivity contribution >= 4 is 64.9 Å². The molecule has 0 saturated heterocycles. The number of aromatic nitrogens is 2. The van der Waals surface area contributed by atoms with Gasteiger partial charge in [-0.3, -0.25) is 4.57 Å². The van der Waals surface area contributed by atoms with Gasteiger partial charge in [-0.25, -0.2) is 4.98 Å². The molecule has 0 spiro atoms. The molecule has 0 radical (unpaired) electrons. The predicted octanol–water partition coefficient (Wildman–Crippen LogP) is 12.1. The summed E-state index contributed by atoms with van der Waals surface area (Å²) >= 11 is 0. The molecule has 10 aromatic rings. The summed E-state index contributed by atoms with van der Waals surface area (Å²) in [5, 5.41) is 12.8. The van der Waals surface area contributed by atoms with Crippen LogP contribution in [0.4, 0.5) is 0 Å². The van der Waals surface area contributed by atoms with Gasteiger partial charge in [-0.2, -0.15) is 0 Å². The van der Waals surface area contributed by atoms with Crippen LogP contribution >= 0.6 is 0 Å². The van der Waals surface area contributed by atoms with E-state index in [4.69, 9.17) is 4.98 Å². The lowest BCUT2D eigenvalue weighted by atomic mass is 9.88. The van der Waals surface area contributed by atoms with Crippen LogP contribution in [-0.4, -0.2) is 9.55 Å². The molecule has 0 unspecified atom stereocenters. The van der Waals surface area contributed by atoms with E-state index in [1.807, 2.05) is 6.07 Å². The third kappa shape index (κ3) is 3.89. The third-order valence-electron chi connectivity index (χ3n) is 9.76. The van der Waals surface area contributed by atoms with Gasteiger partial charge in [0, 0.05) is 11.3 Å². The Hall–Kier alpha value is -6.25. The average Bonchev–Trinajstić information content (AvgIpc) is 3.54. The molecular weight excluding hydrogens is 569 g/mol. The van der Waals surface area contributed by atoms with Crippen LogP contribution in [0.5, 0.6) is 0 Å². The van der Waals surface area contributed by atoms with Crippen LogP contribution in [-0.2, 0) is 0 Å². The van der Waals surface area contributed by atoms with E-state index >= 15 is 0 Å². The molecule has 2 nitrogen and oxygen atoms in total. The average molecular weight is 597 g/mol. The fraction of sp³-hybridized carbons (Fsp3) is 0. The van der Waals surface area contributed by atoms with Crippen molar-refractivity contribution in [3.05, 3.63) is 170 Å². The zero-order valence-corrected chi connectivity index (χ0v) is 25.6. The third-order valence-corrected chi connectivity index (χ3v) is 9.76. The largest absolute Gasteiger partial charge is 0.292 e. The first kappa shape index (κ1) is 26.0.